The Hall–Kier alpha value is -3.78. The minimum absolute atomic E-state index is 0.384. The average Bonchev–Trinajstić information content (AvgIpc) is 2.76. The molecule has 140 valence electrons. The first-order chi connectivity index (χ1) is 13.8. The highest BCUT2D eigenvalue weighted by atomic mass is 16.5. The maximum atomic E-state index is 9.00. The van der Waals surface area contributed by atoms with E-state index in [0.29, 0.717) is 18.7 Å². The molecule has 0 saturated heterocycles. The zero-order chi connectivity index (χ0) is 19.6. The molecule has 5 heteroatoms. The van der Waals surface area contributed by atoms with Gasteiger partial charge in [0.1, 0.15) is 18.1 Å². The van der Waals surface area contributed by atoms with E-state index in [1.54, 1.807) is 19.4 Å². The third kappa shape index (κ3) is 5.12. The maximum absolute atomic E-state index is 9.00. The molecular formula is C23H21N3O2. The second kappa shape index (κ2) is 9.79. The summed E-state index contributed by atoms with van der Waals surface area (Å²) in [5, 5.41) is 13.3. The van der Waals surface area contributed by atoms with Crippen LogP contribution in [0.5, 0.6) is 11.5 Å². The van der Waals surface area contributed by atoms with Gasteiger partial charge in [-0.3, -0.25) is 0 Å². The molecular weight excluding hydrogens is 350 g/mol. The molecule has 0 bridgehead atoms. The zero-order valence-electron chi connectivity index (χ0n) is 15.6. The van der Waals surface area contributed by atoms with E-state index in [1.807, 2.05) is 66.7 Å². The molecule has 0 aliphatic carbocycles. The zero-order valence-corrected chi connectivity index (χ0v) is 15.6. The molecule has 1 N–H and O–H groups in total. The van der Waals surface area contributed by atoms with E-state index >= 15 is 0 Å². The van der Waals surface area contributed by atoms with Crippen molar-refractivity contribution in [3.8, 4) is 17.6 Å². The van der Waals surface area contributed by atoms with Crippen LogP contribution in [-0.4, -0.2) is 13.3 Å². The highest BCUT2D eigenvalue weighted by Crippen LogP contribution is 2.19. The number of ether oxygens (including phenoxy) is 2. The maximum Gasteiger partial charge on any atom is 0.128 e. The molecule has 3 aromatic carbocycles. The molecule has 0 spiro atoms. The van der Waals surface area contributed by atoms with Gasteiger partial charge in [0.25, 0.3) is 0 Å². The first-order valence-corrected chi connectivity index (χ1v) is 8.89. The van der Waals surface area contributed by atoms with Gasteiger partial charge in [-0.05, 0) is 35.9 Å². The molecule has 0 fully saturated rings. The molecule has 3 rings (SSSR count). The minimum atomic E-state index is 0.384. The molecule has 0 unspecified atom stereocenters. The Labute approximate surface area is 164 Å². The van der Waals surface area contributed by atoms with Crippen molar-refractivity contribution >= 4 is 6.21 Å². The van der Waals surface area contributed by atoms with Crippen molar-refractivity contribution in [3.63, 3.8) is 0 Å². The van der Waals surface area contributed by atoms with Crippen LogP contribution in [0.25, 0.3) is 0 Å². The number of nitrogens with zero attached hydrogens (tertiary/aromatic N) is 2. The Morgan fingerprint density at radius 3 is 2.61 bits per heavy atom. The predicted octanol–water partition coefficient (Wildman–Crippen LogP) is 4.27. The first kappa shape index (κ1) is 19.0. The number of para-hydroxylation sites is 2. The molecule has 0 amide bonds. The molecule has 0 saturated carbocycles. The highest BCUT2D eigenvalue weighted by molar-refractivity contribution is 5.83. The van der Waals surface area contributed by atoms with Crippen LogP contribution in [0.3, 0.4) is 0 Å². The van der Waals surface area contributed by atoms with Crippen LogP contribution < -0.4 is 14.9 Å². The molecule has 0 heterocycles. The molecule has 3 aromatic rings. The largest absolute Gasteiger partial charge is 0.496 e. The molecule has 28 heavy (non-hydrogen) atoms. The summed E-state index contributed by atoms with van der Waals surface area (Å²) in [6.07, 6.45) is 1.73. The summed E-state index contributed by atoms with van der Waals surface area (Å²) >= 11 is 0. The number of methoxy groups -OCH3 is 1. The van der Waals surface area contributed by atoms with Crippen molar-refractivity contribution < 1.29 is 9.47 Å². The van der Waals surface area contributed by atoms with E-state index in [2.05, 4.69) is 16.6 Å². The summed E-state index contributed by atoms with van der Waals surface area (Å²) in [6.45, 7) is 0.944. The van der Waals surface area contributed by atoms with Gasteiger partial charge >= 0.3 is 0 Å². The fraction of sp³-hybridized carbons (Fsp3) is 0.130. The second-order valence-corrected chi connectivity index (χ2v) is 6.04. The smallest absolute Gasteiger partial charge is 0.128 e. The normalized spacial score (nSPS) is 10.4. The van der Waals surface area contributed by atoms with Gasteiger partial charge in [0.2, 0.25) is 0 Å². The third-order valence-corrected chi connectivity index (χ3v) is 4.13. The quantitative estimate of drug-likeness (QED) is 0.474. The second-order valence-electron chi connectivity index (χ2n) is 6.04. The monoisotopic (exact) mass is 371 g/mol. The standard InChI is InChI=1S/C23H21N3O2/c1-27-22-11-4-2-9-20(22)15-25-26-16-21-10-3-5-12-23(21)28-17-19-8-6-7-18(13-19)14-24/h2-13,16,25H,15,17H2,1H3/b26-16-. The lowest BCUT2D eigenvalue weighted by Gasteiger charge is -2.10. The summed E-state index contributed by atoms with van der Waals surface area (Å²) in [6, 6.07) is 25.0. The molecule has 0 atom stereocenters. The number of hydrogen-bond acceptors (Lipinski definition) is 5. The summed E-state index contributed by atoms with van der Waals surface area (Å²) < 4.78 is 11.3. The van der Waals surface area contributed by atoms with Gasteiger partial charge in [0, 0.05) is 11.1 Å². The number of hydrogen-bond donors (Lipinski definition) is 1. The Morgan fingerprint density at radius 2 is 1.79 bits per heavy atom. The van der Waals surface area contributed by atoms with Crippen LogP contribution >= 0.6 is 0 Å². The van der Waals surface area contributed by atoms with E-state index < -0.39 is 0 Å². The van der Waals surface area contributed by atoms with Gasteiger partial charge in [0.05, 0.1) is 31.5 Å². The van der Waals surface area contributed by atoms with Gasteiger partial charge in [-0.2, -0.15) is 10.4 Å². The molecule has 0 aliphatic heterocycles. The van der Waals surface area contributed by atoms with Gasteiger partial charge in [-0.1, -0.05) is 42.5 Å². The summed E-state index contributed by atoms with van der Waals surface area (Å²) in [5.74, 6) is 1.56. The van der Waals surface area contributed by atoms with Crippen LogP contribution in [0.4, 0.5) is 0 Å². The number of nitrogens with one attached hydrogen (secondary N) is 1. The summed E-state index contributed by atoms with van der Waals surface area (Å²) in [5.41, 5.74) is 6.50. The van der Waals surface area contributed by atoms with E-state index in [4.69, 9.17) is 14.7 Å². The molecule has 0 radical (unpaired) electrons. The van der Waals surface area contributed by atoms with Crippen molar-refractivity contribution in [2.75, 3.05) is 7.11 Å². The fourth-order valence-electron chi connectivity index (χ4n) is 2.71. The Kier molecular flexibility index (Phi) is 6.64. The summed E-state index contributed by atoms with van der Waals surface area (Å²) in [7, 11) is 1.65. The fourth-order valence-corrected chi connectivity index (χ4v) is 2.71. The topological polar surface area (TPSA) is 66.6 Å². The lowest BCUT2D eigenvalue weighted by molar-refractivity contribution is 0.306. The average molecular weight is 371 g/mol. The van der Waals surface area contributed by atoms with E-state index in [0.717, 1.165) is 28.2 Å². The van der Waals surface area contributed by atoms with Gasteiger partial charge in [0.15, 0.2) is 0 Å². The van der Waals surface area contributed by atoms with Gasteiger partial charge in [-0.25, -0.2) is 0 Å². The van der Waals surface area contributed by atoms with Gasteiger partial charge in [-0.15, -0.1) is 0 Å². The van der Waals surface area contributed by atoms with E-state index in [-0.39, 0.29) is 0 Å². The van der Waals surface area contributed by atoms with Crippen molar-refractivity contribution in [1.82, 2.24) is 5.43 Å². The lowest BCUT2D eigenvalue weighted by Crippen LogP contribution is -2.07. The van der Waals surface area contributed by atoms with Crippen LogP contribution in [0.15, 0.2) is 77.9 Å². The number of nitriles is 1. The Balaban J connectivity index is 1.61. The Morgan fingerprint density at radius 1 is 1.00 bits per heavy atom. The lowest BCUT2D eigenvalue weighted by atomic mass is 10.1. The van der Waals surface area contributed by atoms with Crippen molar-refractivity contribution in [3.05, 3.63) is 95.1 Å². The summed E-state index contributed by atoms with van der Waals surface area (Å²) in [4.78, 5) is 0. The van der Waals surface area contributed by atoms with Gasteiger partial charge < -0.3 is 14.9 Å². The number of hydrazone groups is 1. The van der Waals surface area contributed by atoms with E-state index in [1.165, 1.54) is 0 Å². The predicted molar refractivity (Wildman–Crippen MR) is 109 cm³/mol. The number of benzene rings is 3. The van der Waals surface area contributed by atoms with Crippen molar-refractivity contribution in [2.24, 2.45) is 5.10 Å². The number of rotatable bonds is 8. The van der Waals surface area contributed by atoms with Crippen LogP contribution in [0, 0.1) is 11.3 Å². The third-order valence-electron chi connectivity index (χ3n) is 4.13. The van der Waals surface area contributed by atoms with E-state index in [9.17, 15) is 0 Å². The molecule has 0 aliphatic rings. The SMILES string of the molecule is COc1ccccc1CN/N=C\c1ccccc1OCc1cccc(C#N)c1. The first-order valence-electron chi connectivity index (χ1n) is 8.89. The minimum Gasteiger partial charge on any atom is -0.496 e. The highest BCUT2D eigenvalue weighted by Gasteiger charge is 2.03. The van der Waals surface area contributed by atoms with Crippen LogP contribution in [0.1, 0.15) is 22.3 Å². The van der Waals surface area contributed by atoms with Crippen LogP contribution in [0.2, 0.25) is 0 Å². The van der Waals surface area contributed by atoms with Crippen molar-refractivity contribution in [1.29, 1.82) is 5.26 Å². The molecule has 0 aromatic heterocycles. The molecule has 5 nitrogen and oxygen atoms in total. The van der Waals surface area contributed by atoms with Crippen molar-refractivity contribution in [2.45, 2.75) is 13.2 Å². The van der Waals surface area contributed by atoms with Crippen LogP contribution in [-0.2, 0) is 13.2 Å². The Bertz CT molecular complexity index is 993.